The number of carbonyl (C=O) groups excluding carboxylic acids is 1. The lowest BCUT2D eigenvalue weighted by atomic mass is 10.0. The molecule has 1 aliphatic rings. The third-order valence-electron chi connectivity index (χ3n) is 5.54. The Labute approximate surface area is 190 Å². The number of para-hydroxylation sites is 1. The fourth-order valence-corrected chi connectivity index (χ4v) is 3.71. The first-order valence-electron chi connectivity index (χ1n) is 10.6. The topological polar surface area (TPSA) is 117 Å². The molecule has 0 bridgehead atoms. The lowest BCUT2D eigenvalue weighted by Gasteiger charge is -2.24. The van der Waals surface area contributed by atoms with Crippen LogP contribution in [0.15, 0.2) is 46.0 Å². The molecule has 1 unspecified atom stereocenters. The molecule has 0 radical (unpaired) electrons. The average molecular weight is 451 g/mol. The number of hydrogen-bond acceptors (Lipinski definition) is 8. The molecule has 33 heavy (non-hydrogen) atoms. The molecule has 1 amide bonds. The van der Waals surface area contributed by atoms with E-state index in [4.69, 9.17) is 9.47 Å². The molecule has 4 rings (SSSR count). The normalized spacial score (nSPS) is 13.4. The fraction of sp³-hybridized carbons (Fsp3) is 0.292. The van der Waals surface area contributed by atoms with Gasteiger partial charge in [-0.2, -0.15) is 0 Å². The van der Waals surface area contributed by atoms with E-state index in [0.29, 0.717) is 31.1 Å². The van der Waals surface area contributed by atoms with Crippen LogP contribution in [0.3, 0.4) is 0 Å². The van der Waals surface area contributed by atoms with Crippen LogP contribution in [0.4, 0.5) is 17.1 Å². The van der Waals surface area contributed by atoms with Crippen LogP contribution in [0.2, 0.25) is 0 Å². The Balaban J connectivity index is 1.60. The molecule has 9 heteroatoms. The second-order valence-corrected chi connectivity index (χ2v) is 7.94. The third kappa shape index (κ3) is 4.09. The van der Waals surface area contributed by atoms with Gasteiger partial charge in [0.1, 0.15) is 24.6 Å². The maximum absolute atomic E-state index is 12.3. The number of phenols is 1. The number of hydrogen-bond donors (Lipinski definition) is 3. The van der Waals surface area contributed by atoms with Gasteiger partial charge in [0.25, 0.3) is 16.8 Å². The van der Waals surface area contributed by atoms with Gasteiger partial charge in [0, 0.05) is 14.1 Å². The lowest BCUT2D eigenvalue weighted by Crippen LogP contribution is -2.37. The van der Waals surface area contributed by atoms with Gasteiger partial charge in [0.2, 0.25) is 0 Å². The quantitative estimate of drug-likeness (QED) is 0.371. The number of ether oxygens (including phenoxy) is 2. The Bertz CT molecular complexity index is 1280. The Morgan fingerprint density at radius 1 is 1.06 bits per heavy atom. The molecule has 0 saturated carbocycles. The van der Waals surface area contributed by atoms with E-state index in [-0.39, 0.29) is 40.3 Å². The van der Waals surface area contributed by atoms with Crippen LogP contribution in [0.25, 0.3) is 0 Å². The molecule has 0 saturated heterocycles. The highest BCUT2D eigenvalue weighted by Crippen LogP contribution is 2.36. The number of aromatic hydroxyl groups is 1. The van der Waals surface area contributed by atoms with Gasteiger partial charge in [-0.25, -0.2) is 0 Å². The van der Waals surface area contributed by atoms with E-state index < -0.39 is 10.9 Å². The van der Waals surface area contributed by atoms with Gasteiger partial charge in [0.15, 0.2) is 17.2 Å². The van der Waals surface area contributed by atoms with E-state index in [1.165, 1.54) is 17.0 Å². The zero-order valence-corrected chi connectivity index (χ0v) is 18.6. The van der Waals surface area contributed by atoms with E-state index in [9.17, 15) is 19.5 Å². The number of benzene rings is 2. The molecule has 3 aromatic rings. The summed E-state index contributed by atoms with van der Waals surface area (Å²) in [7, 11) is 3.15. The van der Waals surface area contributed by atoms with E-state index in [1.54, 1.807) is 20.2 Å². The second kappa shape index (κ2) is 8.85. The first kappa shape index (κ1) is 22.2. The SMILES string of the molecule is CCC(Nc1c(Nc2cccc(C(=O)N(C)C)c2O)c(=O)c1=O)c1ccc2c(c1)OCCO2. The molecule has 0 spiro atoms. The molecule has 0 aliphatic carbocycles. The zero-order chi connectivity index (χ0) is 23.7. The predicted molar refractivity (Wildman–Crippen MR) is 125 cm³/mol. The van der Waals surface area contributed by atoms with Crippen LogP contribution in [0.1, 0.15) is 35.3 Å². The summed E-state index contributed by atoms with van der Waals surface area (Å²) >= 11 is 0. The van der Waals surface area contributed by atoms with Crippen molar-refractivity contribution in [1.29, 1.82) is 0 Å². The summed E-state index contributed by atoms with van der Waals surface area (Å²) in [5.74, 6) is 0.617. The summed E-state index contributed by atoms with van der Waals surface area (Å²) in [5, 5.41) is 16.5. The van der Waals surface area contributed by atoms with Crippen molar-refractivity contribution >= 4 is 23.0 Å². The smallest absolute Gasteiger partial charge is 0.257 e. The van der Waals surface area contributed by atoms with Crippen molar-refractivity contribution < 1.29 is 19.4 Å². The molecule has 1 aliphatic heterocycles. The van der Waals surface area contributed by atoms with E-state index in [0.717, 1.165) is 5.56 Å². The highest BCUT2D eigenvalue weighted by atomic mass is 16.6. The molecular weight excluding hydrogens is 426 g/mol. The molecule has 3 N–H and O–H groups in total. The minimum absolute atomic E-state index is 0.0424. The fourth-order valence-electron chi connectivity index (χ4n) is 3.71. The summed E-state index contributed by atoms with van der Waals surface area (Å²) < 4.78 is 11.2. The van der Waals surface area contributed by atoms with Crippen LogP contribution in [0.5, 0.6) is 17.2 Å². The molecule has 0 fully saturated rings. The maximum atomic E-state index is 12.3. The van der Waals surface area contributed by atoms with Crippen LogP contribution in [0, 0.1) is 0 Å². The van der Waals surface area contributed by atoms with Crippen LogP contribution < -0.4 is 31.0 Å². The number of carbonyl (C=O) groups is 1. The van der Waals surface area contributed by atoms with Crippen molar-refractivity contribution in [2.75, 3.05) is 37.9 Å². The van der Waals surface area contributed by atoms with Crippen molar-refractivity contribution in [2.24, 2.45) is 0 Å². The minimum Gasteiger partial charge on any atom is -0.505 e. The van der Waals surface area contributed by atoms with Crippen molar-refractivity contribution in [1.82, 2.24) is 4.90 Å². The highest BCUT2D eigenvalue weighted by Gasteiger charge is 2.26. The summed E-state index contributed by atoms with van der Waals surface area (Å²) in [6.07, 6.45) is 0.635. The zero-order valence-electron chi connectivity index (χ0n) is 18.6. The Hall–Kier alpha value is -4.01. The first-order chi connectivity index (χ1) is 15.8. The molecule has 1 heterocycles. The van der Waals surface area contributed by atoms with E-state index >= 15 is 0 Å². The van der Waals surface area contributed by atoms with Gasteiger partial charge in [0.05, 0.1) is 17.3 Å². The standard InChI is InChI=1S/C24H25N3O6/c1-4-15(13-8-9-17-18(12-13)33-11-10-32-17)25-19-20(23(30)22(19)29)26-16-7-5-6-14(21(16)28)24(31)27(2)3/h5-9,12,15,25-26,28H,4,10-11H2,1-3H3. The predicted octanol–water partition coefficient (Wildman–Crippen LogP) is 2.77. The van der Waals surface area contributed by atoms with Gasteiger partial charge in [-0.1, -0.05) is 19.1 Å². The number of nitrogens with one attached hydrogen (secondary N) is 2. The third-order valence-corrected chi connectivity index (χ3v) is 5.54. The van der Waals surface area contributed by atoms with Gasteiger partial charge in [-0.15, -0.1) is 0 Å². The largest absolute Gasteiger partial charge is 0.505 e. The molecule has 0 aromatic heterocycles. The molecule has 172 valence electrons. The number of anilines is 3. The first-order valence-corrected chi connectivity index (χ1v) is 10.6. The van der Waals surface area contributed by atoms with Crippen molar-refractivity contribution in [3.05, 3.63) is 68.0 Å². The highest BCUT2D eigenvalue weighted by molar-refractivity contribution is 5.99. The number of phenolic OH excluding ortho intramolecular Hbond substituents is 1. The number of fused-ring (bicyclic) bond motifs is 1. The summed E-state index contributed by atoms with van der Waals surface area (Å²) in [5.41, 5.74) is -0.0497. The number of amides is 1. The van der Waals surface area contributed by atoms with Gasteiger partial charge in [-0.3, -0.25) is 14.4 Å². The van der Waals surface area contributed by atoms with Crippen LogP contribution in [-0.4, -0.2) is 43.2 Å². The van der Waals surface area contributed by atoms with Crippen molar-refractivity contribution in [3.8, 4) is 17.2 Å². The Kier molecular flexibility index (Phi) is 5.95. The van der Waals surface area contributed by atoms with Crippen LogP contribution in [-0.2, 0) is 0 Å². The molecule has 3 aromatic carbocycles. The van der Waals surface area contributed by atoms with Gasteiger partial charge < -0.3 is 30.1 Å². The number of rotatable bonds is 7. The van der Waals surface area contributed by atoms with Crippen LogP contribution >= 0.6 is 0 Å². The Morgan fingerprint density at radius 3 is 2.45 bits per heavy atom. The van der Waals surface area contributed by atoms with Crippen molar-refractivity contribution in [3.63, 3.8) is 0 Å². The number of nitrogens with zero attached hydrogens (tertiary/aromatic N) is 1. The molecule has 9 nitrogen and oxygen atoms in total. The summed E-state index contributed by atoms with van der Waals surface area (Å²) in [6, 6.07) is 9.90. The van der Waals surface area contributed by atoms with E-state index in [1.807, 2.05) is 25.1 Å². The van der Waals surface area contributed by atoms with Gasteiger partial charge in [-0.05, 0) is 36.2 Å². The Morgan fingerprint density at radius 2 is 1.76 bits per heavy atom. The summed E-state index contributed by atoms with van der Waals surface area (Å²) in [4.78, 5) is 38.3. The van der Waals surface area contributed by atoms with Gasteiger partial charge >= 0.3 is 0 Å². The lowest BCUT2D eigenvalue weighted by molar-refractivity contribution is 0.0824. The average Bonchev–Trinajstić information content (AvgIpc) is 2.83. The minimum atomic E-state index is -0.696. The monoisotopic (exact) mass is 451 g/mol. The maximum Gasteiger partial charge on any atom is 0.257 e. The second-order valence-electron chi connectivity index (χ2n) is 7.94. The summed E-state index contributed by atoms with van der Waals surface area (Å²) in [6.45, 7) is 2.91. The van der Waals surface area contributed by atoms with E-state index in [2.05, 4.69) is 10.6 Å². The van der Waals surface area contributed by atoms with Crippen molar-refractivity contribution in [2.45, 2.75) is 19.4 Å². The molecule has 1 atom stereocenters. The molecular formula is C24H25N3O6.